The number of ether oxygens (including phenoxy) is 3. The summed E-state index contributed by atoms with van der Waals surface area (Å²) in [6.45, 7) is -0.00590. The Morgan fingerprint density at radius 1 is 1.12 bits per heavy atom. The van der Waals surface area contributed by atoms with Crippen LogP contribution in [0.25, 0.3) is 0 Å². The largest absolute Gasteiger partial charge is 0.486 e. The predicted octanol–water partition coefficient (Wildman–Crippen LogP) is 1.94. The molecule has 1 aliphatic rings. The molecule has 130 valence electrons. The third-order valence-corrected chi connectivity index (χ3v) is 3.52. The molecule has 1 heterocycles. The van der Waals surface area contributed by atoms with Crippen molar-refractivity contribution in [2.45, 2.75) is 6.10 Å². The van der Waals surface area contributed by atoms with Crippen molar-refractivity contribution in [3.8, 4) is 11.5 Å². The van der Waals surface area contributed by atoms with E-state index < -0.39 is 24.3 Å². The highest BCUT2D eigenvalue weighted by molar-refractivity contribution is 5.91. The molecule has 1 N–H and O–H groups in total. The number of hydrogen-bond donors (Lipinski definition) is 1. The third-order valence-electron chi connectivity index (χ3n) is 3.52. The lowest BCUT2D eigenvalue weighted by molar-refractivity contribution is -0.124. The first kappa shape index (κ1) is 16.8. The summed E-state index contributed by atoms with van der Waals surface area (Å²) in [5, 5.41) is 2.59. The molecule has 0 radical (unpaired) electrons. The number of hydrogen-bond acceptors (Lipinski definition) is 5. The van der Waals surface area contributed by atoms with E-state index in [9.17, 15) is 14.0 Å². The first-order valence-corrected chi connectivity index (χ1v) is 7.70. The second-order valence-corrected chi connectivity index (χ2v) is 5.36. The van der Waals surface area contributed by atoms with Gasteiger partial charge in [-0.05, 0) is 24.3 Å². The molecule has 0 saturated heterocycles. The molecule has 0 saturated carbocycles. The highest BCUT2D eigenvalue weighted by Crippen LogP contribution is 2.30. The van der Waals surface area contributed by atoms with Gasteiger partial charge in [-0.1, -0.05) is 24.3 Å². The normalized spacial score (nSPS) is 15.3. The van der Waals surface area contributed by atoms with Gasteiger partial charge < -0.3 is 19.5 Å². The zero-order chi connectivity index (χ0) is 17.6. The summed E-state index contributed by atoms with van der Waals surface area (Å²) in [7, 11) is 0. The van der Waals surface area contributed by atoms with Gasteiger partial charge >= 0.3 is 5.97 Å². The van der Waals surface area contributed by atoms with Crippen LogP contribution >= 0.6 is 0 Å². The van der Waals surface area contributed by atoms with E-state index in [2.05, 4.69) is 5.32 Å². The third kappa shape index (κ3) is 4.26. The number of rotatable bonds is 5. The molecule has 0 fully saturated rings. The summed E-state index contributed by atoms with van der Waals surface area (Å²) in [6, 6.07) is 12.7. The van der Waals surface area contributed by atoms with Gasteiger partial charge in [0.25, 0.3) is 5.91 Å². The summed E-state index contributed by atoms with van der Waals surface area (Å²) < 4.78 is 29.5. The molecule has 1 atom stereocenters. The second-order valence-electron chi connectivity index (χ2n) is 5.36. The SMILES string of the molecule is O=C(COC(=O)c1ccccc1F)NC[C@@H]1COc2ccccc2O1. The minimum absolute atomic E-state index is 0.199. The Morgan fingerprint density at radius 2 is 1.84 bits per heavy atom. The molecule has 7 heteroatoms. The number of para-hydroxylation sites is 2. The van der Waals surface area contributed by atoms with Gasteiger partial charge in [0.2, 0.25) is 0 Å². The fraction of sp³-hybridized carbons (Fsp3) is 0.222. The van der Waals surface area contributed by atoms with Crippen LogP contribution in [-0.2, 0) is 9.53 Å². The lowest BCUT2D eigenvalue weighted by Gasteiger charge is -2.26. The maximum Gasteiger partial charge on any atom is 0.341 e. The number of amides is 1. The van der Waals surface area contributed by atoms with Crippen molar-refractivity contribution in [2.75, 3.05) is 19.8 Å². The number of nitrogens with one attached hydrogen (secondary N) is 1. The van der Waals surface area contributed by atoms with Gasteiger partial charge in [0.1, 0.15) is 18.5 Å². The number of carbonyl (C=O) groups excluding carboxylic acids is 2. The average Bonchev–Trinajstić information content (AvgIpc) is 2.64. The van der Waals surface area contributed by atoms with Gasteiger partial charge in [0, 0.05) is 0 Å². The second kappa shape index (κ2) is 7.65. The van der Waals surface area contributed by atoms with Gasteiger partial charge in [-0.3, -0.25) is 4.79 Å². The number of esters is 1. The predicted molar refractivity (Wildman–Crippen MR) is 86.0 cm³/mol. The van der Waals surface area contributed by atoms with Crippen molar-refractivity contribution in [2.24, 2.45) is 0 Å². The highest BCUT2D eigenvalue weighted by atomic mass is 19.1. The van der Waals surface area contributed by atoms with Crippen molar-refractivity contribution in [1.29, 1.82) is 0 Å². The Balaban J connectivity index is 1.43. The van der Waals surface area contributed by atoms with Gasteiger partial charge in [0.15, 0.2) is 18.1 Å². The summed E-state index contributed by atoms with van der Waals surface area (Å²) in [5.74, 6) is -0.825. The Morgan fingerprint density at radius 3 is 2.64 bits per heavy atom. The smallest absolute Gasteiger partial charge is 0.341 e. The van der Waals surface area contributed by atoms with E-state index in [-0.39, 0.29) is 18.2 Å². The van der Waals surface area contributed by atoms with Crippen LogP contribution < -0.4 is 14.8 Å². The quantitative estimate of drug-likeness (QED) is 0.839. The molecule has 2 aromatic rings. The van der Waals surface area contributed by atoms with Gasteiger partial charge in [-0.15, -0.1) is 0 Å². The van der Waals surface area contributed by atoms with Crippen LogP contribution in [0.15, 0.2) is 48.5 Å². The zero-order valence-corrected chi connectivity index (χ0v) is 13.2. The Labute approximate surface area is 143 Å². The molecular formula is C18H16FNO5. The molecule has 25 heavy (non-hydrogen) atoms. The fourth-order valence-corrected chi connectivity index (χ4v) is 2.28. The maximum atomic E-state index is 13.4. The molecular weight excluding hydrogens is 329 g/mol. The van der Waals surface area contributed by atoms with Crippen LogP contribution in [0.3, 0.4) is 0 Å². The molecule has 0 unspecified atom stereocenters. The Hall–Kier alpha value is -3.09. The van der Waals surface area contributed by atoms with Gasteiger partial charge in [-0.2, -0.15) is 0 Å². The molecule has 0 aromatic heterocycles. The van der Waals surface area contributed by atoms with Crippen molar-refractivity contribution in [1.82, 2.24) is 5.32 Å². The minimum atomic E-state index is -0.889. The fourth-order valence-electron chi connectivity index (χ4n) is 2.28. The first-order chi connectivity index (χ1) is 12.1. The van der Waals surface area contributed by atoms with E-state index in [1.807, 2.05) is 12.1 Å². The number of carbonyl (C=O) groups is 2. The van der Waals surface area contributed by atoms with Crippen LogP contribution in [0.5, 0.6) is 11.5 Å². The molecule has 1 amide bonds. The molecule has 3 rings (SSSR count). The molecule has 1 aliphatic heterocycles. The van der Waals surface area contributed by atoms with Crippen molar-refractivity contribution >= 4 is 11.9 Å². The first-order valence-electron chi connectivity index (χ1n) is 7.70. The zero-order valence-electron chi connectivity index (χ0n) is 13.2. The van der Waals surface area contributed by atoms with E-state index in [4.69, 9.17) is 14.2 Å². The van der Waals surface area contributed by atoms with E-state index in [1.165, 1.54) is 18.2 Å². The standard InChI is InChI=1S/C18H16FNO5/c19-14-6-2-1-5-13(14)18(22)24-11-17(21)20-9-12-10-23-15-7-3-4-8-16(15)25-12/h1-8,12H,9-11H2,(H,20,21)/t12-/m1/s1. The summed E-state index contributed by atoms with van der Waals surface area (Å²) in [6.07, 6.45) is -0.346. The summed E-state index contributed by atoms with van der Waals surface area (Å²) in [5.41, 5.74) is -0.212. The Kier molecular flexibility index (Phi) is 5.13. The molecule has 0 bridgehead atoms. The lowest BCUT2D eigenvalue weighted by atomic mass is 10.2. The number of benzene rings is 2. The molecule has 0 spiro atoms. The van der Waals surface area contributed by atoms with E-state index in [0.29, 0.717) is 18.1 Å². The lowest BCUT2D eigenvalue weighted by Crippen LogP contribution is -2.42. The van der Waals surface area contributed by atoms with Crippen LogP contribution in [0, 0.1) is 5.82 Å². The number of halogens is 1. The van der Waals surface area contributed by atoms with Gasteiger partial charge in [0.05, 0.1) is 12.1 Å². The summed E-state index contributed by atoms with van der Waals surface area (Å²) in [4.78, 5) is 23.5. The van der Waals surface area contributed by atoms with Crippen LogP contribution in [0.2, 0.25) is 0 Å². The maximum absolute atomic E-state index is 13.4. The monoisotopic (exact) mass is 345 g/mol. The molecule has 2 aromatic carbocycles. The van der Waals surface area contributed by atoms with E-state index in [0.717, 1.165) is 6.07 Å². The molecule has 0 aliphatic carbocycles. The van der Waals surface area contributed by atoms with Crippen LogP contribution in [0.1, 0.15) is 10.4 Å². The number of fused-ring (bicyclic) bond motifs is 1. The van der Waals surface area contributed by atoms with Gasteiger partial charge in [-0.25, -0.2) is 9.18 Å². The van der Waals surface area contributed by atoms with Crippen LogP contribution in [0.4, 0.5) is 4.39 Å². The Bertz CT molecular complexity index is 780. The highest BCUT2D eigenvalue weighted by Gasteiger charge is 2.21. The van der Waals surface area contributed by atoms with E-state index >= 15 is 0 Å². The average molecular weight is 345 g/mol. The topological polar surface area (TPSA) is 73.9 Å². The minimum Gasteiger partial charge on any atom is -0.486 e. The van der Waals surface area contributed by atoms with E-state index in [1.54, 1.807) is 12.1 Å². The van der Waals surface area contributed by atoms with Crippen molar-refractivity contribution < 1.29 is 28.2 Å². The van der Waals surface area contributed by atoms with Crippen molar-refractivity contribution in [3.05, 3.63) is 59.9 Å². The van der Waals surface area contributed by atoms with Crippen molar-refractivity contribution in [3.63, 3.8) is 0 Å². The van der Waals surface area contributed by atoms with Crippen LogP contribution in [-0.4, -0.2) is 37.7 Å². The summed E-state index contributed by atoms with van der Waals surface area (Å²) >= 11 is 0. The molecule has 6 nitrogen and oxygen atoms in total.